The normalized spacial score (nSPS) is 27.1. The molecule has 1 aromatic carbocycles. The standard InChI is InChI=1S/C15H22N2/c16-10-13-5-2-6-15(13)17-14-8-7-11-3-1-4-12(11)9-14/h7-9,13,15,17H,1-6,10,16H2. The number of rotatable bonds is 3. The van der Waals surface area contributed by atoms with E-state index in [1.54, 1.807) is 11.1 Å². The van der Waals surface area contributed by atoms with Crippen molar-refractivity contribution >= 4 is 5.69 Å². The Morgan fingerprint density at radius 2 is 2.00 bits per heavy atom. The van der Waals surface area contributed by atoms with E-state index >= 15 is 0 Å². The van der Waals surface area contributed by atoms with Gasteiger partial charge < -0.3 is 11.1 Å². The van der Waals surface area contributed by atoms with E-state index in [-0.39, 0.29) is 0 Å². The van der Waals surface area contributed by atoms with Gasteiger partial charge in [0.15, 0.2) is 0 Å². The van der Waals surface area contributed by atoms with E-state index in [2.05, 4.69) is 23.5 Å². The summed E-state index contributed by atoms with van der Waals surface area (Å²) in [4.78, 5) is 0. The largest absolute Gasteiger partial charge is 0.382 e. The molecule has 2 nitrogen and oxygen atoms in total. The maximum atomic E-state index is 5.83. The van der Waals surface area contributed by atoms with Gasteiger partial charge in [-0.2, -0.15) is 0 Å². The van der Waals surface area contributed by atoms with Gasteiger partial charge in [0.2, 0.25) is 0 Å². The van der Waals surface area contributed by atoms with Crippen LogP contribution in [0.4, 0.5) is 5.69 Å². The van der Waals surface area contributed by atoms with Crippen molar-refractivity contribution < 1.29 is 0 Å². The summed E-state index contributed by atoms with van der Waals surface area (Å²) >= 11 is 0. The maximum absolute atomic E-state index is 5.83. The Hall–Kier alpha value is -1.02. The Morgan fingerprint density at radius 3 is 2.88 bits per heavy atom. The van der Waals surface area contributed by atoms with Gasteiger partial charge in [-0.15, -0.1) is 0 Å². The topological polar surface area (TPSA) is 38.0 Å². The highest BCUT2D eigenvalue weighted by Crippen LogP contribution is 2.30. The Morgan fingerprint density at radius 1 is 1.12 bits per heavy atom. The summed E-state index contributed by atoms with van der Waals surface area (Å²) in [6.45, 7) is 0.822. The highest BCUT2D eigenvalue weighted by molar-refractivity contribution is 5.50. The molecule has 0 aliphatic heterocycles. The summed E-state index contributed by atoms with van der Waals surface area (Å²) in [5.41, 5.74) is 10.2. The van der Waals surface area contributed by atoms with Gasteiger partial charge in [-0.3, -0.25) is 0 Å². The third-order valence-corrected chi connectivity index (χ3v) is 4.41. The predicted octanol–water partition coefficient (Wildman–Crippen LogP) is 2.71. The molecule has 0 amide bonds. The first-order chi connectivity index (χ1) is 8.36. The molecule has 0 spiro atoms. The molecule has 2 atom stereocenters. The molecule has 3 rings (SSSR count). The third-order valence-electron chi connectivity index (χ3n) is 4.41. The highest BCUT2D eigenvalue weighted by Gasteiger charge is 2.25. The van der Waals surface area contributed by atoms with Crippen LogP contribution in [0.1, 0.15) is 36.8 Å². The lowest BCUT2D eigenvalue weighted by atomic mass is 10.0. The van der Waals surface area contributed by atoms with Gasteiger partial charge in [-0.25, -0.2) is 0 Å². The van der Waals surface area contributed by atoms with Crippen molar-refractivity contribution in [2.24, 2.45) is 11.7 Å². The summed E-state index contributed by atoms with van der Waals surface area (Å²) < 4.78 is 0. The number of hydrogen-bond acceptors (Lipinski definition) is 2. The Labute approximate surface area is 104 Å². The zero-order chi connectivity index (χ0) is 11.7. The van der Waals surface area contributed by atoms with Crippen molar-refractivity contribution in [3.63, 3.8) is 0 Å². The van der Waals surface area contributed by atoms with Crippen molar-refractivity contribution in [2.45, 2.75) is 44.6 Å². The van der Waals surface area contributed by atoms with Gasteiger partial charge in [-0.1, -0.05) is 12.5 Å². The van der Waals surface area contributed by atoms with Gasteiger partial charge in [0.25, 0.3) is 0 Å². The molecule has 1 fully saturated rings. The van der Waals surface area contributed by atoms with E-state index < -0.39 is 0 Å². The molecule has 2 aliphatic carbocycles. The number of hydrogen-bond donors (Lipinski definition) is 2. The van der Waals surface area contributed by atoms with Crippen molar-refractivity contribution in [3.8, 4) is 0 Å². The van der Waals surface area contributed by atoms with Crippen LogP contribution in [0.3, 0.4) is 0 Å². The third kappa shape index (κ3) is 2.19. The Balaban J connectivity index is 1.72. The summed E-state index contributed by atoms with van der Waals surface area (Å²) in [5.74, 6) is 0.670. The van der Waals surface area contributed by atoms with Crippen LogP contribution < -0.4 is 11.1 Å². The molecule has 0 heterocycles. The molecule has 1 saturated carbocycles. The van der Waals surface area contributed by atoms with Crippen molar-refractivity contribution in [1.82, 2.24) is 0 Å². The lowest BCUT2D eigenvalue weighted by molar-refractivity contribution is 0.516. The van der Waals surface area contributed by atoms with Crippen LogP contribution in [0.5, 0.6) is 0 Å². The average Bonchev–Trinajstić information content (AvgIpc) is 2.96. The van der Waals surface area contributed by atoms with E-state index in [1.807, 2.05) is 0 Å². The maximum Gasteiger partial charge on any atom is 0.0345 e. The van der Waals surface area contributed by atoms with E-state index in [9.17, 15) is 0 Å². The average molecular weight is 230 g/mol. The summed E-state index contributed by atoms with van der Waals surface area (Å²) in [6.07, 6.45) is 7.75. The van der Waals surface area contributed by atoms with Crippen LogP contribution in [-0.4, -0.2) is 12.6 Å². The monoisotopic (exact) mass is 230 g/mol. The minimum atomic E-state index is 0.597. The first kappa shape index (κ1) is 11.1. The molecular formula is C15H22N2. The molecule has 3 N–H and O–H groups in total. The molecule has 0 bridgehead atoms. The summed E-state index contributed by atoms with van der Waals surface area (Å²) in [7, 11) is 0. The van der Waals surface area contributed by atoms with Crippen LogP contribution >= 0.6 is 0 Å². The number of benzene rings is 1. The van der Waals surface area contributed by atoms with Gasteiger partial charge in [0, 0.05) is 11.7 Å². The fraction of sp³-hybridized carbons (Fsp3) is 0.600. The van der Waals surface area contributed by atoms with Gasteiger partial charge >= 0.3 is 0 Å². The molecule has 2 heteroatoms. The van der Waals surface area contributed by atoms with Crippen LogP contribution in [0, 0.1) is 5.92 Å². The molecular weight excluding hydrogens is 208 g/mol. The smallest absolute Gasteiger partial charge is 0.0345 e. The van der Waals surface area contributed by atoms with E-state index in [0.29, 0.717) is 12.0 Å². The molecule has 0 saturated heterocycles. The van der Waals surface area contributed by atoms with E-state index in [0.717, 1.165) is 6.54 Å². The van der Waals surface area contributed by atoms with Crippen molar-refractivity contribution in [2.75, 3.05) is 11.9 Å². The molecule has 17 heavy (non-hydrogen) atoms. The summed E-state index contributed by atoms with van der Waals surface area (Å²) in [6, 6.07) is 7.50. The lowest BCUT2D eigenvalue weighted by Gasteiger charge is -2.21. The fourth-order valence-electron chi connectivity index (χ4n) is 3.38. The van der Waals surface area contributed by atoms with Crippen molar-refractivity contribution in [1.29, 1.82) is 0 Å². The Bertz CT molecular complexity index is 400. The second kappa shape index (κ2) is 4.69. The second-order valence-electron chi connectivity index (χ2n) is 5.51. The van der Waals surface area contributed by atoms with Crippen LogP contribution in [0.15, 0.2) is 18.2 Å². The van der Waals surface area contributed by atoms with Crippen LogP contribution in [0.2, 0.25) is 0 Å². The molecule has 92 valence electrons. The minimum absolute atomic E-state index is 0.597. The van der Waals surface area contributed by atoms with E-state index in [1.165, 1.54) is 44.2 Å². The molecule has 2 aliphatic rings. The Kier molecular flexibility index (Phi) is 3.06. The number of fused-ring (bicyclic) bond motifs is 1. The lowest BCUT2D eigenvalue weighted by Crippen LogP contribution is -2.29. The van der Waals surface area contributed by atoms with Crippen LogP contribution in [0.25, 0.3) is 0 Å². The van der Waals surface area contributed by atoms with Crippen molar-refractivity contribution in [3.05, 3.63) is 29.3 Å². The molecule has 0 radical (unpaired) electrons. The molecule has 0 aromatic heterocycles. The number of nitrogens with two attached hydrogens (primary N) is 1. The highest BCUT2D eigenvalue weighted by atomic mass is 14.9. The predicted molar refractivity (Wildman–Crippen MR) is 72.3 cm³/mol. The SMILES string of the molecule is NCC1CCCC1Nc1ccc2c(c1)CCC2. The number of aryl methyl sites for hydroxylation is 2. The fourth-order valence-corrected chi connectivity index (χ4v) is 3.38. The first-order valence-electron chi connectivity index (χ1n) is 6.95. The molecule has 2 unspecified atom stereocenters. The second-order valence-corrected chi connectivity index (χ2v) is 5.51. The number of anilines is 1. The van der Waals surface area contributed by atoms with E-state index in [4.69, 9.17) is 5.73 Å². The molecule has 1 aromatic rings. The van der Waals surface area contributed by atoms with Crippen LogP contribution in [-0.2, 0) is 12.8 Å². The summed E-state index contributed by atoms with van der Waals surface area (Å²) in [5, 5.41) is 3.69. The minimum Gasteiger partial charge on any atom is -0.382 e. The number of nitrogens with one attached hydrogen (secondary N) is 1. The van der Waals surface area contributed by atoms with Gasteiger partial charge in [-0.05, 0) is 67.8 Å². The van der Waals surface area contributed by atoms with Gasteiger partial charge in [0.1, 0.15) is 0 Å². The zero-order valence-electron chi connectivity index (χ0n) is 10.4. The quantitative estimate of drug-likeness (QED) is 0.838. The van der Waals surface area contributed by atoms with Gasteiger partial charge in [0.05, 0.1) is 0 Å². The first-order valence-corrected chi connectivity index (χ1v) is 6.95. The zero-order valence-corrected chi connectivity index (χ0v) is 10.4.